The summed E-state index contributed by atoms with van der Waals surface area (Å²) in [5.74, 6) is -2.15. The van der Waals surface area contributed by atoms with Crippen LogP contribution in [0, 0.1) is 21.4 Å². The lowest BCUT2D eigenvalue weighted by molar-refractivity contribution is -0.402. The number of furan rings is 1. The minimum absolute atomic E-state index is 0.0689. The topological polar surface area (TPSA) is 157 Å². The number of rotatable bonds is 8. The molecule has 1 heterocycles. The zero-order valence-electron chi connectivity index (χ0n) is 16.6. The Labute approximate surface area is 194 Å². The molecule has 0 unspecified atom stereocenters. The Kier molecular flexibility index (Phi) is 7.51. The van der Waals surface area contributed by atoms with Crippen molar-refractivity contribution in [2.45, 2.75) is 0 Å². The van der Waals surface area contributed by atoms with Gasteiger partial charge in [-0.25, -0.2) is 10.2 Å². The SMILES string of the molecule is N#Cc1ccccc1OCC(=O)NN=Cc1cc(Br)ccc1OC(=O)c1ccc([N+](=O)[O-])o1. The van der Waals surface area contributed by atoms with Crippen molar-refractivity contribution in [3.8, 4) is 17.6 Å². The molecule has 0 saturated carbocycles. The second kappa shape index (κ2) is 10.7. The number of nitrogens with one attached hydrogen (secondary N) is 1. The number of carbonyl (C=O) groups excluding carboxylic acids is 2. The van der Waals surface area contributed by atoms with Gasteiger partial charge in [0.25, 0.3) is 5.91 Å². The number of nitro groups is 1. The van der Waals surface area contributed by atoms with Gasteiger partial charge in [-0.05, 0) is 36.4 Å². The van der Waals surface area contributed by atoms with E-state index < -0.39 is 22.7 Å². The third kappa shape index (κ3) is 6.25. The van der Waals surface area contributed by atoms with Crippen LogP contribution < -0.4 is 14.9 Å². The van der Waals surface area contributed by atoms with Crippen molar-refractivity contribution in [2.75, 3.05) is 6.61 Å². The Balaban J connectivity index is 1.63. The molecule has 12 heteroatoms. The van der Waals surface area contributed by atoms with Crippen LogP contribution in [0.2, 0.25) is 0 Å². The summed E-state index contributed by atoms with van der Waals surface area (Å²) in [7, 11) is 0. The lowest BCUT2D eigenvalue weighted by Gasteiger charge is -2.07. The minimum Gasteiger partial charge on any atom is -0.482 e. The third-order valence-electron chi connectivity index (χ3n) is 3.91. The minimum atomic E-state index is -0.950. The number of hydrazone groups is 1. The van der Waals surface area contributed by atoms with Crippen molar-refractivity contribution in [2.24, 2.45) is 5.10 Å². The van der Waals surface area contributed by atoms with Gasteiger partial charge in [0.05, 0.1) is 17.8 Å². The van der Waals surface area contributed by atoms with E-state index in [1.54, 1.807) is 36.4 Å². The van der Waals surface area contributed by atoms with Crippen LogP contribution in [0.25, 0.3) is 0 Å². The summed E-state index contributed by atoms with van der Waals surface area (Å²) >= 11 is 3.28. The van der Waals surface area contributed by atoms with Gasteiger partial charge < -0.3 is 13.9 Å². The number of ether oxygens (including phenoxy) is 2. The zero-order valence-corrected chi connectivity index (χ0v) is 18.1. The fourth-order valence-corrected chi connectivity index (χ4v) is 2.81. The number of para-hydroxylation sites is 1. The number of nitrogens with zero attached hydrogens (tertiary/aromatic N) is 3. The lowest BCUT2D eigenvalue weighted by atomic mass is 10.2. The maximum Gasteiger partial charge on any atom is 0.433 e. The number of halogens is 1. The number of hydrogen-bond acceptors (Lipinski definition) is 9. The molecular formula is C21H13BrN4O7. The molecule has 33 heavy (non-hydrogen) atoms. The predicted octanol–water partition coefficient (Wildman–Crippen LogP) is 3.57. The van der Waals surface area contributed by atoms with Gasteiger partial charge in [0.1, 0.15) is 22.5 Å². The van der Waals surface area contributed by atoms with Crippen molar-refractivity contribution in [1.29, 1.82) is 5.26 Å². The van der Waals surface area contributed by atoms with Crippen molar-refractivity contribution >= 4 is 39.9 Å². The number of nitriles is 1. The molecule has 0 atom stereocenters. The molecule has 1 aromatic heterocycles. The molecule has 0 aliphatic heterocycles. The molecule has 0 radical (unpaired) electrons. The first-order valence-corrected chi connectivity index (χ1v) is 9.86. The summed E-state index contributed by atoms with van der Waals surface area (Å²) in [6.45, 7) is -0.381. The van der Waals surface area contributed by atoms with Crippen LogP contribution in [-0.4, -0.2) is 29.6 Å². The van der Waals surface area contributed by atoms with Crippen molar-refractivity contribution in [3.63, 3.8) is 0 Å². The Morgan fingerprint density at radius 3 is 2.73 bits per heavy atom. The molecule has 11 nitrogen and oxygen atoms in total. The molecular weight excluding hydrogens is 500 g/mol. The highest BCUT2D eigenvalue weighted by molar-refractivity contribution is 9.10. The average molecular weight is 513 g/mol. The fourth-order valence-electron chi connectivity index (χ4n) is 2.43. The van der Waals surface area contributed by atoms with Gasteiger partial charge in [-0.2, -0.15) is 10.4 Å². The second-order valence-electron chi connectivity index (χ2n) is 6.16. The molecule has 3 rings (SSSR count). The van der Waals surface area contributed by atoms with Gasteiger partial charge in [0, 0.05) is 10.0 Å². The van der Waals surface area contributed by atoms with Crippen molar-refractivity contribution in [3.05, 3.63) is 86.1 Å². The van der Waals surface area contributed by atoms with Crippen LogP contribution in [0.3, 0.4) is 0 Å². The van der Waals surface area contributed by atoms with Crippen molar-refractivity contribution < 1.29 is 28.4 Å². The Morgan fingerprint density at radius 2 is 2.00 bits per heavy atom. The van der Waals surface area contributed by atoms with E-state index in [-0.39, 0.29) is 29.4 Å². The summed E-state index contributed by atoms with van der Waals surface area (Å²) in [5.41, 5.74) is 2.86. The predicted molar refractivity (Wildman–Crippen MR) is 117 cm³/mol. The van der Waals surface area contributed by atoms with E-state index in [0.29, 0.717) is 10.0 Å². The van der Waals surface area contributed by atoms with E-state index in [4.69, 9.17) is 19.2 Å². The first-order chi connectivity index (χ1) is 15.9. The zero-order chi connectivity index (χ0) is 23.8. The molecule has 0 fully saturated rings. The molecule has 2 aromatic carbocycles. The molecule has 0 spiro atoms. The summed E-state index contributed by atoms with van der Waals surface area (Å²) in [4.78, 5) is 34.1. The summed E-state index contributed by atoms with van der Waals surface area (Å²) < 4.78 is 16.0. The third-order valence-corrected chi connectivity index (χ3v) is 4.40. The van der Waals surface area contributed by atoms with E-state index in [0.717, 1.165) is 12.1 Å². The van der Waals surface area contributed by atoms with Gasteiger partial charge in [-0.3, -0.25) is 14.9 Å². The molecule has 166 valence electrons. The van der Waals surface area contributed by atoms with Crippen LogP contribution in [-0.2, 0) is 4.79 Å². The van der Waals surface area contributed by atoms with E-state index in [1.807, 2.05) is 6.07 Å². The summed E-state index contributed by atoms with van der Waals surface area (Å²) in [5, 5.41) is 23.5. The fraction of sp³-hybridized carbons (Fsp3) is 0.0476. The number of carbonyl (C=O) groups is 2. The van der Waals surface area contributed by atoms with Crippen LogP contribution in [0.4, 0.5) is 5.88 Å². The maximum atomic E-state index is 12.2. The van der Waals surface area contributed by atoms with E-state index >= 15 is 0 Å². The van der Waals surface area contributed by atoms with Gasteiger partial charge in [-0.15, -0.1) is 0 Å². The first-order valence-electron chi connectivity index (χ1n) is 9.07. The normalized spacial score (nSPS) is 10.4. The van der Waals surface area contributed by atoms with Gasteiger partial charge in [-0.1, -0.05) is 28.1 Å². The maximum absolute atomic E-state index is 12.2. The van der Waals surface area contributed by atoms with Crippen molar-refractivity contribution in [1.82, 2.24) is 5.43 Å². The van der Waals surface area contributed by atoms with E-state index in [2.05, 4.69) is 26.5 Å². The standard InChI is InChI=1S/C21H13BrN4O7/c22-15-5-6-17(33-21(28)18-7-8-20(32-18)26(29)30)14(9-15)11-24-25-19(27)12-31-16-4-2-1-3-13(16)10-23/h1-9,11H,12H2,(H,25,27). The Hall–Kier alpha value is -4.50. The largest absolute Gasteiger partial charge is 0.482 e. The Bertz CT molecular complexity index is 1280. The highest BCUT2D eigenvalue weighted by Crippen LogP contribution is 2.24. The molecule has 0 aliphatic carbocycles. The van der Waals surface area contributed by atoms with Gasteiger partial charge in [0.15, 0.2) is 6.61 Å². The molecule has 1 amide bonds. The first kappa shape index (κ1) is 23.2. The smallest absolute Gasteiger partial charge is 0.433 e. The monoisotopic (exact) mass is 512 g/mol. The molecule has 1 N–H and O–H groups in total. The average Bonchev–Trinajstić information content (AvgIpc) is 3.30. The summed E-state index contributed by atoms with van der Waals surface area (Å²) in [6, 6.07) is 15.2. The molecule has 0 saturated heterocycles. The molecule has 3 aromatic rings. The highest BCUT2D eigenvalue weighted by Gasteiger charge is 2.20. The van der Waals surface area contributed by atoms with Crippen LogP contribution >= 0.6 is 15.9 Å². The van der Waals surface area contributed by atoms with E-state index in [1.165, 1.54) is 12.3 Å². The number of hydrogen-bond donors (Lipinski definition) is 1. The van der Waals surface area contributed by atoms with Gasteiger partial charge >= 0.3 is 11.9 Å². The highest BCUT2D eigenvalue weighted by atomic mass is 79.9. The Morgan fingerprint density at radius 1 is 1.21 bits per heavy atom. The molecule has 0 aliphatic rings. The number of esters is 1. The molecule has 0 bridgehead atoms. The quantitative estimate of drug-likeness (QED) is 0.158. The van der Waals surface area contributed by atoms with Gasteiger partial charge in [0.2, 0.25) is 5.76 Å². The number of amides is 1. The second-order valence-corrected chi connectivity index (χ2v) is 7.07. The number of benzene rings is 2. The van der Waals surface area contributed by atoms with Crippen LogP contribution in [0.1, 0.15) is 21.7 Å². The van der Waals surface area contributed by atoms with Crippen LogP contribution in [0.15, 0.2) is 68.6 Å². The van der Waals surface area contributed by atoms with E-state index in [9.17, 15) is 19.7 Å². The lowest BCUT2D eigenvalue weighted by Crippen LogP contribution is -2.24. The van der Waals surface area contributed by atoms with Crippen LogP contribution in [0.5, 0.6) is 11.5 Å². The summed E-state index contributed by atoms with van der Waals surface area (Å²) in [6.07, 6.45) is 1.24.